The maximum Gasteiger partial charge on any atom is 0.255 e. The third-order valence-electron chi connectivity index (χ3n) is 5.01. The van der Waals surface area contributed by atoms with Crippen molar-refractivity contribution in [1.29, 1.82) is 0 Å². The zero-order valence-electron chi connectivity index (χ0n) is 15.8. The number of benzene rings is 3. The molecule has 0 unspecified atom stereocenters. The van der Waals surface area contributed by atoms with E-state index in [1.165, 1.54) is 5.56 Å². The molecule has 0 saturated carbocycles. The average molecular weight is 372 g/mol. The molecule has 142 valence electrons. The predicted molar refractivity (Wildman–Crippen MR) is 113 cm³/mol. The highest BCUT2D eigenvalue weighted by molar-refractivity contribution is 6.04. The maximum atomic E-state index is 12.8. The van der Waals surface area contributed by atoms with E-state index in [1.807, 2.05) is 60.7 Å². The van der Waals surface area contributed by atoms with E-state index in [4.69, 9.17) is 4.74 Å². The Hall–Kier alpha value is -3.11. The van der Waals surface area contributed by atoms with Crippen molar-refractivity contribution in [3.63, 3.8) is 0 Å². The average Bonchev–Trinajstić information content (AvgIpc) is 2.76. The smallest absolute Gasteiger partial charge is 0.255 e. The quantitative estimate of drug-likeness (QED) is 0.723. The Morgan fingerprint density at radius 3 is 2.29 bits per heavy atom. The molecule has 28 heavy (non-hydrogen) atoms. The molecule has 0 aromatic heterocycles. The van der Waals surface area contributed by atoms with Crippen LogP contribution in [0.2, 0.25) is 0 Å². The number of carbonyl (C=O) groups excluding carboxylic acids is 1. The molecular formula is C24H24N2O2. The zero-order valence-corrected chi connectivity index (χ0v) is 15.8. The van der Waals surface area contributed by atoms with Crippen LogP contribution in [0.4, 0.5) is 11.4 Å². The third-order valence-corrected chi connectivity index (χ3v) is 5.01. The first kappa shape index (κ1) is 18.3. The highest BCUT2D eigenvalue weighted by atomic mass is 16.5. The SMILES string of the molecule is O=C(Nc1ccccc1Cc1ccccc1)c1ccc(N2CCOCC2)cc1. The van der Waals surface area contributed by atoms with Gasteiger partial charge in [-0.15, -0.1) is 0 Å². The number of rotatable bonds is 5. The lowest BCUT2D eigenvalue weighted by atomic mass is 10.0. The van der Waals surface area contributed by atoms with Gasteiger partial charge in [0.25, 0.3) is 5.91 Å². The number of para-hydroxylation sites is 1. The van der Waals surface area contributed by atoms with Crippen LogP contribution in [0.5, 0.6) is 0 Å². The number of nitrogens with one attached hydrogen (secondary N) is 1. The van der Waals surface area contributed by atoms with Gasteiger partial charge in [0.1, 0.15) is 0 Å². The number of anilines is 2. The molecule has 1 saturated heterocycles. The van der Waals surface area contributed by atoms with E-state index in [0.29, 0.717) is 5.56 Å². The molecule has 3 aromatic rings. The molecule has 0 radical (unpaired) electrons. The van der Waals surface area contributed by atoms with Gasteiger partial charge in [0.2, 0.25) is 0 Å². The summed E-state index contributed by atoms with van der Waals surface area (Å²) in [6, 6.07) is 26.0. The van der Waals surface area contributed by atoms with Gasteiger partial charge in [-0.2, -0.15) is 0 Å². The van der Waals surface area contributed by atoms with Crippen LogP contribution in [0.3, 0.4) is 0 Å². The summed E-state index contributed by atoms with van der Waals surface area (Å²) in [6.07, 6.45) is 0.785. The number of amides is 1. The first-order valence-corrected chi connectivity index (χ1v) is 9.65. The van der Waals surface area contributed by atoms with Gasteiger partial charge in [-0.05, 0) is 47.9 Å². The Bertz CT molecular complexity index is 917. The fourth-order valence-electron chi connectivity index (χ4n) is 3.45. The molecule has 1 N–H and O–H groups in total. The summed E-state index contributed by atoms with van der Waals surface area (Å²) in [5.41, 5.74) is 4.97. The lowest BCUT2D eigenvalue weighted by Gasteiger charge is -2.28. The van der Waals surface area contributed by atoms with Crippen molar-refractivity contribution in [2.75, 3.05) is 36.5 Å². The number of nitrogens with zero attached hydrogens (tertiary/aromatic N) is 1. The van der Waals surface area contributed by atoms with E-state index in [0.717, 1.165) is 49.7 Å². The van der Waals surface area contributed by atoms with E-state index in [9.17, 15) is 4.79 Å². The van der Waals surface area contributed by atoms with Crippen LogP contribution in [0, 0.1) is 0 Å². The first-order chi connectivity index (χ1) is 13.8. The molecular weight excluding hydrogens is 348 g/mol. The molecule has 1 fully saturated rings. The molecule has 0 bridgehead atoms. The number of hydrogen-bond acceptors (Lipinski definition) is 3. The fraction of sp³-hybridized carbons (Fsp3) is 0.208. The van der Waals surface area contributed by atoms with Gasteiger partial charge in [0.05, 0.1) is 13.2 Å². The minimum absolute atomic E-state index is 0.0889. The van der Waals surface area contributed by atoms with E-state index >= 15 is 0 Å². The molecule has 1 amide bonds. The number of ether oxygens (including phenoxy) is 1. The van der Waals surface area contributed by atoms with Gasteiger partial charge in [0.15, 0.2) is 0 Å². The van der Waals surface area contributed by atoms with Crippen molar-refractivity contribution in [2.24, 2.45) is 0 Å². The Morgan fingerprint density at radius 2 is 1.54 bits per heavy atom. The molecule has 1 aliphatic rings. The Balaban J connectivity index is 1.46. The van der Waals surface area contributed by atoms with Gasteiger partial charge in [-0.1, -0.05) is 48.5 Å². The second kappa shape index (κ2) is 8.72. The molecule has 4 rings (SSSR count). The summed E-state index contributed by atoms with van der Waals surface area (Å²) >= 11 is 0. The molecule has 4 nitrogen and oxygen atoms in total. The minimum Gasteiger partial charge on any atom is -0.378 e. The van der Waals surface area contributed by atoms with Gasteiger partial charge >= 0.3 is 0 Å². The van der Waals surface area contributed by atoms with Crippen LogP contribution in [-0.2, 0) is 11.2 Å². The van der Waals surface area contributed by atoms with Gasteiger partial charge in [-0.25, -0.2) is 0 Å². The maximum absolute atomic E-state index is 12.8. The zero-order chi connectivity index (χ0) is 19.2. The molecule has 3 aromatic carbocycles. The lowest BCUT2D eigenvalue weighted by Crippen LogP contribution is -2.36. The van der Waals surface area contributed by atoms with Crippen LogP contribution in [0.1, 0.15) is 21.5 Å². The van der Waals surface area contributed by atoms with Crippen LogP contribution >= 0.6 is 0 Å². The van der Waals surface area contributed by atoms with Gasteiger partial charge in [-0.3, -0.25) is 4.79 Å². The number of hydrogen-bond donors (Lipinski definition) is 1. The van der Waals surface area contributed by atoms with Crippen LogP contribution in [0.15, 0.2) is 78.9 Å². The van der Waals surface area contributed by atoms with E-state index in [1.54, 1.807) is 0 Å². The highest BCUT2D eigenvalue weighted by Gasteiger charge is 2.13. The van der Waals surface area contributed by atoms with Crippen molar-refractivity contribution in [1.82, 2.24) is 0 Å². The van der Waals surface area contributed by atoms with Crippen molar-refractivity contribution >= 4 is 17.3 Å². The van der Waals surface area contributed by atoms with Crippen molar-refractivity contribution < 1.29 is 9.53 Å². The number of morpholine rings is 1. The molecule has 1 aliphatic heterocycles. The van der Waals surface area contributed by atoms with Crippen molar-refractivity contribution in [3.8, 4) is 0 Å². The van der Waals surface area contributed by atoms with Crippen molar-refractivity contribution in [2.45, 2.75) is 6.42 Å². The normalized spacial score (nSPS) is 13.9. The molecule has 0 atom stereocenters. The van der Waals surface area contributed by atoms with Crippen molar-refractivity contribution in [3.05, 3.63) is 95.6 Å². The summed E-state index contributed by atoms with van der Waals surface area (Å²) in [5.74, 6) is -0.0889. The second-order valence-electron chi connectivity index (χ2n) is 6.92. The summed E-state index contributed by atoms with van der Waals surface area (Å²) in [6.45, 7) is 3.28. The van der Waals surface area contributed by atoms with Crippen LogP contribution in [0.25, 0.3) is 0 Å². The first-order valence-electron chi connectivity index (χ1n) is 9.65. The summed E-state index contributed by atoms with van der Waals surface area (Å²) in [7, 11) is 0. The van der Waals surface area contributed by atoms with E-state index in [-0.39, 0.29) is 5.91 Å². The minimum atomic E-state index is -0.0889. The second-order valence-corrected chi connectivity index (χ2v) is 6.92. The third kappa shape index (κ3) is 4.41. The molecule has 0 aliphatic carbocycles. The monoisotopic (exact) mass is 372 g/mol. The topological polar surface area (TPSA) is 41.6 Å². The molecule has 0 spiro atoms. The number of carbonyl (C=O) groups is 1. The van der Waals surface area contributed by atoms with Crippen LogP contribution < -0.4 is 10.2 Å². The Labute approximate surface area is 165 Å². The molecule has 4 heteroatoms. The Kier molecular flexibility index (Phi) is 5.69. The van der Waals surface area contributed by atoms with E-state index < -0.39 is 0 Å². The van der Waals surface area contributed by atoms with Crippen LogP contribution in [-0.4, -0.2) is 32.2 Å². The van der Waals surface area contributed by atoms with Gasteiger partial charge < -0.3 is 15.0 Å². The largest absolute Gasteiger partial charge is 0.378 e. The van der Waals surface area contributed by atoms with Gasteiger partial charge in [0, 0.05) is 30.0 Å². The summed E-state index contributed by atoms with van der Waals surface area (Å²) in [5, 5.41) is 3.07. The Morgan fingerprint density at radius 1 is 0.857 bits per heavy atom. The fourth-order valence-corrected chi connectivity index (χ4v) is 3.45. The standard InChI is InChI=1S/C24H24N2O2/c27-24(20-10-12-22(13-11-20)26-14-16-28-17-15-26)25-23-9-5-4-8-21(23)18-19-6-2-1-3-7-19/h1-13H,14-18H2,(H,25,27). The summed E-state index contributed by atoms with van der Waals surface area (Å²) in [4.78, 5) is 15.0. The lowest BCUT2D eigenvalue weighted by molar-refractivity contribution is 0.102. The highest BCUT2D eigenvalue weighted by Crippen LogP contribution is 2.21. The molecule has 1 heterocycles. The predicted octanol–water partition coefficient (Wildman–Crippen LogP) is 4.37. The van der Waals surface area contributed by atoms with E-state index in [2.05, 4.69) is 28.4 Å². The summed E-state index contributed by atoms with van der Waals surface area (Å²) < 4.78 is 5.40.